The van der Waals surface area contributed by atoms with Crippen LogP contribution in [0.3, 0.4) is 0 Å². The normalized spacial score (nSPS) is 17.6. The van der Waals surface area contributed by atoms with Gasteiger partial charge in [-0.3, -0.25) is 4.79 Å². The van der Waals surface area contributed by atoms with E-state index in [0.29, 0.717) is 17.8 Å². The molecule has 1 aromatic carbocycles. The SMILES string of the molecule is O=C(NC[C@H]1CCCO1)c1cnnc(-c2ccccc2)c1. The summed E-state index contributed by atoms with van der Waals surface area (Å²) in [5, 5.41) is 10.9. The highest BCUT2D eigenvalue weighted by Gasteiger charge is 2.17. The third-order valence-corrected chi connectivity index (χ3v) is 3.50. The van der Waals surface area contributed by atoms with Crippen molar-refractivity contribution in [1.29, 1.82) is 0 Å². The second-order valence-corrected chi connectivity index (χ2v) is 5.04. The molecule has 21 heavy (non-hydrogen) atoms. The van der Waals surface area contributed by atoms with Gasteiger partial charge in [0.25, 0.3) is 5.91 Å². The number of carbonyl (C=O) groups is 1. The van der Waals surface area contributed by atoms with E-state index in [0.717, 1.165) is 25.0 Å². The molecule has 0 aliphatic carbocycles. The van der Waals surface area contributed by atoms with Crippen LogP contribution in [0.15, 0.2) is 42.6 Å². The van der Waals surface area contributed by atoms with Gasteiger partial charge >= 0.3 is 0 Å². The number of nitrogens with one attached hydrogen (secondary N) is 1. The number of amides is 1. The molecule has 1 aliphatic rings. The third-order valence-electron chi connectivity index (χ3n) is 3.50. The van der Waals surface area contributed by atoms with Crippen LogP contribution in [0.5, 0.6) is 0 Å². The minimum Gasteiger partial charge on any atom is -0.376 e. The Labute approximate surface area is 123 Å². The molecule has 1 amide bonds. The Bertz CT molecular complexity index is 610. The summed E-state index contributed by atoms with van der Waals surface area (Å²) in [5.41, 5.74) is 2.15. The van der Waals surface area contributed by atoms with Crippen molar-refractivity contribution in [2.75, 3.05) is 13.2 Å². The largest absolute Gasteiger partial charge is 0.376 e. The molecule has 2 heterocycles. The molecule has 5 heteroatoms. The van der Waals surface area contributed by atoms with Gasteiger partial charge < -0.3 is 10.1 Å². The number of ether oxygens (including phenoxy) is 1. The second-order valence-electron chi connectivity index (χ2n) is 5.04. The lowest BCUT2D eigenvalue weighted by molar-refractivity contribution is 0.0857. The lowest BCUT2D eigenvalue weighted by atomic mass is 10.1. The van der Waals surface area contributed by atoms with Gasteiger partial charge in [0.2, 0.25) is 0 Å². The van der Waals surface area contributed by atoms with Crippen LogP contribution in [0.25, 0.3) is 11.3 Å². The van der Waals surface area contributed by atoms with E-state index < -0.39 is 0 Å². The summed E-state index contributed by atoms with van der Waals surface area (Å²) in [6, 6.07) is 11.4. The van der Waals surface area contributed by atoms with Crippen molar-refractivity contribution in [3.8, 4) is 11.3 Å². The summed E-state index contributed by atoms with van der Waals surface area (Å²) < 4.78 is 5.49. The Morgan fingerprint density at radius 3 is 2.95 bits per heavy atom. The summed E-state index contributed by atoms with van der Waals surface area (Å²) in [7, 11) is 0. The smallest absolute Gasteiger partial charge is 0.253 e. The zero-order valence-corrected chi connectivity index (χ0v) is 11.7. The number of aromatic nitrogens is 2. The number of carbonyl (C=O) groups excluding carboxylic acids is 1. The van der Waals surface area contributed by atoms with Crippen LogP contribution in [-0.2, 0) is 4.74 Å². The number of hydrogen-bond donors (Lipinski definition) is 1. The van der Waals surface area contributed by atoms with Crippen LogP contribution < -0.4 is 5.32 Å². The summed E-state index contributed by atoms with van der Waals surface area (Å²) >= 11 is 0. The molecular formula is C16H17N3O2. The van der Waals surface area contributed by atoms with E-state index in [9.17, 15) is 4.79 Å². The first-order valence-electron chi connectivity index (χ1n) is 7.11. The molecule has 3 rings (SSSR count). The van der Waals surface area contributed by atoms with Gasteiger partial charge in [0.1, 0.15) is 0 Å². The molecular weight excluding hydrogens is 266 g/mol. The van der Waals surface area contributed by atoms with Crippen molar-refractivity contribution < 1.29 is 9.53 Å². The maximum atomic E-state index is 12.2. The van der Waals surface area contributed by atoms with Crippen molar-refractivity contribution >= 4 is 5.91 Å². The Morgan fingerprint density at radius 1 is 1.33 bits per heavy atom. The average Bonchev–Trinajstić information content (AvgIpc) is 3.07. The van der Waals surface area contributed by atoms with Gasteiger partial charge in [-0.2, -0.15) is 10.2 Å². The van der Waals surface area contributed by atoms with E-state index in [1.807, 2.05) is 30.3 Å². The zero-order valence-electron chi connectivity index (χ0n) is 11.7. The predicted octanol–water partition coefficient (Wildman–Crippen LogP) is 2.05. The topological polar surface area (TPSA) is 64.1 Å². The fraction of sp³-hybridized carbons (Fsp3) is 0.312. The molecule has 1 aromatic heterocycles. The predicted molar refractivity (Wildman–Crippen MR) is 78.8 cm³/mol. The van der Waals surface area contributed by atoms with E-state index in [4.69, 9.17) is 4.74 Å². The molecule has 1 fully saturated rings. The molecule has 108 valence electrons. The average molecular weight is 283 g/mol. The maximum absolute atomic E-state index is 12.2. The van der Waals surface area contributed by atoms with Gasteiger partial charge in [0.15, 0.2) is 0 Å². The van der Waals surface area contributed by atoms with Crippen LogP contribution in [0.4, 0.5) is 0 Å². The molecule has 2 aromatic rings. The van der Waals surface area contributed by atoms with Gasteiger partial charge in [0, 0.05) is 18.7 Å². The Morgan fingerprint density at radius 2 is 2.19 bits per heavy atom. The summed E-state index contributed by atoms with van der Waals surface area (Å²) in [4.78, 5) is 12.2. The lowest BCUT2D eigenvalue weighted by Gasteiger charge is -2.10. The molecule has 1 atom stereocenters. The standard InChI is InChI=1S/C16H17N3O2/c20-16(17-11-14-7-4-8-21-14)13-9-15(19-18-10-13)12-5-2-1-3-6-12/h1-3,5-6,9-10,14H,4,7-8,11H2,(H,17,20)/t14-/m1/s1. The molecule has 0 unspecified atom stereocenters. The van der Waals surface area contributed by atoms with Gasteiger partial charge in [0.05, 0.1) is 23.6 Å². The van der Waals surface area contributed by atoms with Crippen molar-refractivity contribution in [2.45, 2.75) is 18.9 Å². The summed E-state index contributed by atoms with van der Waals surface area (Å²) in [5.74, 6) is -0.141. The first-order chi connectivity index (χ1) is 10.3. The monoisotopic (exact) mass is 283 g/mol. The fourth-order valence-corrected chi connectivity index (χ4v) is 2.35. The number of nitrogens with zero attached hydrogens (tertiary/aromatic N) is 2. The van der Waals surface area contributed by atoms with Crippen molar-refractivity contribution in [2.24, 2.45) is 0 Å². The van der Waals surface area contributed by atoms with Crippen LogP contribution in [0.2, 0.25) is 0 Å². The zero-order chi connectivity index (χ0) is 14.5. The van der Waals surface area contributed by atoms with Crippen LogP contribution in [0.1, 0.15) is 23.2 Å². The molecule has 0 radical (unpaired) electrons. The molecule has 0 saturated carbocycles. The Balaban J connectivity index is 1.69. The first-order valence-corrected chi connectivity index (χ1v) is 7.11. The second kappa shape index (κ2) is 6.45. The lowest BCUT2D eigenvalue weighted by Crippen LogP contribution is -2.31. The molecule has 0 bridgehead atoms. The minimum absolute atomic E-state index is 0.136. The summed E-state index contributed by atoms with van der Waals surface area (Å²) in [6.07, 6.45) is 3.69. The van der Waals surface area contributed by atoms with Gasteiger partial charge in [-0.25, -0.2) is 0 Å². The fourth-order valence-electron chi connectivity index (χ4n) is 2.35. The molecule has 1 saturated heterocycles. The van der Waals surface area contributed by atoms with Crippen molar-refractivity contribution in [3.63, 3.8) is 0 Å². The summed E-state index contributed by atoms with van der Waals surface area (Å²) in [6.45, 7) is 1.33. The molecule has 1 aliphatic heterocycles. The molecule has 1 N–H and O–H groups in total. The molecule has 0 spiro atoms. The van der Waals surface area contributed by atoms with Gasteiger partial charge in [-0.1, -0.05) is 30.3 Å². The number of hydrogen-bond acceptors (Lipinski definition) is 4. The number of benzene rings is 1. The third kappa shape index (κ3) is 3.44. The first kappa shape index (κ1) is 13.7. The van der Waals surface area contributed by atoms with Crippen LogP contribution in [-0.4, -0.2) is 35.4 Å². The van der Waals surface area contributed by atoms with E-state index in [-0.39, 0.29) is 12.0 Å². The molecule has 5 nitrogen and oxygen atoms in total. The maximum Gasteiger partial charge on any atom is 0.253 e. The highest BCUT2D eigenvalue weighted by Crippen LogP contribution is 2.16. The van der Waals surface area contributed by atoms with E-state index in [1.54, 1.807) is 6.07 Å². The van der Waals surface area contributed by atoms with Crippen LogP contribution in [0, 0.1) is 0 Å². The van der Waals surface area contributed by atoms with E-state index in [1.165, 1.54) is 6.20 Å². The Hall–Kier alpha value is -2.27. The van der Waals surface area contributed by atoms with E-state index >= 15 is 0 Å². The number of rotatable bonds is 4. The van der Waals surface area contributed by atoms with Crippen molar-refractivity contribution in [3.05, 3.63) is 48.2 Å². The van der Waals surface area contributed by atoms with Gasteiger partial charge in [-0.05, 0) is 18.9 Å². The van der Waals surface area contributed by atoms with Crippen LogP contribution >= 0.6 is 0 Å². The quantitative estimate of drug-likeness (QED) is 0.932. The minimum atomic E-state index is -0.141. The highest BCUT2D eigenvalue weighted by molar-refractivity contribution is 5.94. The Kier molecular flexibility index (Phi) is 4.21. The van der Waals surface area contributed by atoms with Crippen molar-refractivity contribution in [1.82, 2.24) is 15.5 Å². The highest BCUT2D eigenvalue weighted by atomic mass is 16.5. The van der Waals surface area contributed by atoms with Gasteiger partial charge in [-0.15, -0.1) is 0 Å². The van der Waals surface area contributed by atoms with E-state index in [2.05, 4.69) is 15.5 Å².